The van der Waals surface area contributed by atoms with Crippen molar-refractivity contribution in [2.24, 2.45) is 0 Å². The molecule has 0 amide bonds. The fourth-order valence-electron chi connectivity index (χ4n) is 5.04. The van der Waals surface area contributed by atoms with Gasteiger partial charge in [-0.1, -0.05) is 29.8 Å². The molecule has 2 fully saturated rings. The van der Waals surface area contributed by atoms with Gasteiger partial charge in [0.2, 0.25) is 15.8 Å². The summed E-state index contributed by atoms with van der Waals surface area (Å²) in [6, 6.07) is 15.1. The lowest BCUT2D eigenvalue weighted by Crippen LogP contribution is -2.50. The van der Waals surface area contributed by atoms with Gasteiger partial charge in [-0.05, 0) is 62.6 Å². The van der Waals surface area contributed by atoms with Crippen molar-refractivity contribution in [2.75, 3.05) is 49.1 Å². The maximum atomic E-state index is 13.7. The van der Waals surface area contributed by atoms with Crippen LogP contribution in [0.1, 0.15) is 32.3 Å². The molecule has 0 bridgehead atoms. The first-order valence-electron chi connectivity index (χ1n) is 13.3. The van der Waals surface area contributed by atoms with Gasteiger partial charge in [-0.3, -0.25) is 4.79 Å². The molecule has 3 aromatic rings. The average molecular weight is 572 g/mol. The number of piperazine rings is 1. The summed E-state index contributed by atoms with van der Waals surface area (Å²) in [4.78, 5) is 18.1. The van der Waals surface area contributed by atoms with E-state index in [1.54, 1.807) is 44.3 Å². The van der Waals surface area contributed by atoms with Crippen molar-refractivity contribution < 1.29 is 13.2 Å². The zero-order chi connectivity index (χ0) is 27.6. The Morgan fingerprint density at radius 2 is 1.62 bits per heavy atom. The van der Waals surface area contributed by atoms with E-state index in [0.29, 0.717) is 42.6 Å². The van der Waals surface area contributed by atoms with E-state index >= 15 is 0 Å². The molecule has 0 atom stereocenters. The van der Waals surface area contributed by atoms with E-state index in [1.807, 2.05) is 17.0 Å². The fraction of sp³-hybridized carbons (Fsp3) is 0.429. The maximum absolute atomic E-state index is 13.7. The third-order valence-corrected chi connectivity index (χ3v) is 9.78. The van der Waals surface area contributed by atoms with Gasteiger partial charge in [0.25, 0.3) is 0 Å². The monoisotopic (exact) mass is 571 g/mol. The van der Waals surface area contributed by atoms with Gasteiger partial charge in [0, 0.05) is 50.0 Å². The molecule has 5 rings (SSSR count). The Labute approximate surface area is 234 Å². The predicted octanol–water partition coefficient (Wildman–Crippen LogP) is 3.93. The number of nitrogens with zero attached hydrogens (tertiary/aromatic N) is 5. The number of benzene rings is 2. The molecule has 0 N–H and O–H groups in total. The molecule has 0 unspecified atom stereocenters. The second kappa shape index (κ2) is 11.6. The number of anilines is 2. The molecular weight excluding hydrogens is 538 g/mol. The van der Waals surface area contributed by atoms with Gasteiger partial charge in [-0.25, -0.2) is 8.42 Å². The van der Waals surface area contributed by atoms with Crippen LogP contribution in [0.5, 0.6) is 5.75 Å². The lowest BCUT2D eigenvalue weighted by molar-refractivity contribution is 0.297. The number of hydrogen-bond donors (Lipinski definition) is 0. The largest absolute Gasteiger partial charge is 0.481 e. The highest BCUT2D eigenvalue weighted by Gasteiger charge is 2.31. The number of rotatable bonds is 8. The number of sulfonamides is 1. The molecule has 1 aromatic heterocycles. The van der Waals surface area contributed by atoms with Crippen LogP contribution in [0.3, 0.4) is 0 Å². The Morgan fingerprint density at radius 1 is 0.923 bits per heavy atom. The van der Waals surface area contributed by atoms with Gasteiger partial charge in [0.05, 0.1) is 17.1 Å². The van der Waals surface area contributed by atoms with E-state index in [1.165, 1.54) is 21.8 Å². The van der Waals surface area contributed by atoms with E-state index in [2.05, 4.69) is 22.1 Å². The smallest absolute Gasteiger partial charge is 0.316 e. The molecular formula is C28H34ClN5O4S. The minimum absolute atomic E-state index is 0.178. The number of ether oxygens (including phenoxy) is 1. The summed E-state index contributed by atoms with van der Waals surface area (Å²) < 4.78 is 34.4. The molecule has 3 heterocycles. The highest BCUT2D eigenvalue weighted by molar-refractivity contribution is 7.89. The summed E-state index contributed by atoms with van der Waals surface area (Å²) in [5.74, 6) is 0.178. The van der Waals surface area contributed by atoms with Crippen LogP contribution in [0.4, 0.5) is 11.4 Å². The molecule has 11 heteroatoms. The van der Waals surface area contributed by atoms with Crippen LogP contribution in [-0.2, 0) is 16.6 Å². The zero-order valence-corrected chi connectivity index (χ0v) is 23.9. The van der Waals surface area contributed by atoms with E-state index in [0.717, 1.165) is 24.3 Å². The van der Waals surface area contributed by atoms with Crippen LogP contribution in [-0.4, -0.2) is 67.0 Å². The van der Waals surface area contributed by atoms with Gasteiger partial charge in [0.15, 0.2) is 0 Å². The molecule has 2 saturated heterocycles. The van der Waals surface area contributed by atoms with E-state index in [9.17, 15) is 13.2 Å². The molecule has 0 radical (unpaired) electrons. The fourth-order valence-corrected chi connectivity index (χ4v) is 6.49. The quantitative estimate of drug-likeness (QED) is 0.405. The molecule has 0 saturated carbocycles. The molecule has 9 nitrogen and oxygen atoms in total. The van der Waals surface area contributed by atoms with Crippen molar-refractivity contribution in [3.05, 3.63) is 75.7 Å². The van der Waals surface area contributed by atoms with Gasteiger partial charge >= 0.3 is 5.56 Å². The summed E-state index contributed by atoms with van der Waals surface area (Å²) in [6.45, 7) is 7.18. The number of hydrogen-bond acceptors (Lipinski definition) is 7. The van der Waals surface area contributed by atoms with Crippen LogP contribution in [0.25, 0.3) is 5.69 Å². The van der Waals surface area contributed by atoms with Gasteiger partial charge in [-0.2, -0.15) is 14.1 Å². The third-order valence-electron chi connectivity index (χ3n) is 7.27. The lowest BCUT2D eigenvalue weighted by atomic mass is 10.2. The van der Waals surface area contributed by atoms with E-state index in [-0.39, 0.29) is 12.4 Å². The standard InChI is InChI=1S/C28H34ClN5O4S/c1-21(2)39(36,37)33-15-13-32(14-16-33)26-19-30-34(25-10-6-8-23(29)18-25)28(35)27(26)38-20-22-7-5-9-24(17-22)31-11-3-4-12-31/h5-10,17-19,21H,3-4,11-16,20H2,1-2H3. The Hall–Kier alpha value is -3.08. The topological polar surface area (TPSA) is 88.0 Å². The van der Waals surface area contributed by atoms with E-state index < -0.39 is 20.8 Å². The SMILES string of the molecule is CC(C)S(=O)(=O)N1CCN(c2cnn(-c3cccc(Cl)c3)c(=O)c2OCc2cccc(N3CCCC3)c2)CC1. The number of aromatic nitrogens is 2. The summed E-state index contributed by atoms with van der Waals surface area (Å²) >= 11 is 6.18. The van der Waals surface area contributed by atoms with Crippen molar-refractivity contribution in [2.45, 2.75) is 38.5 Å². The molecule has 208 valence electrons. The van der Waals surface area contributed by atoms with Gasteiger partial charge in [-0.15, -0.1) is 0 Å². The van der Waals surface area contributed by atoms with Crippen molar-refractivity contribution in [1.29, 1.82) is 0 Å². The minimum atomic E-state index is -3.35. The number of halogens is 1. The van der Waals surface area contributed by atoms with Crippen LogP contribution in [0.2, 0.25) is 5.02 Å². The third kappa shape index (κ3) is 5.92. The first-order chi connectivity index (χ1) is 18.7. The molecule has 2 aliphatic rings. The zero-order valence-electron chi connectivity index (χ0n) is 22.3. The van der Waals surface area contributed by atoms with Crippen LogP contribution in [0, 0.1) is 0 Å². The van der Waals surface area contributed by atoms with Crippen LogP contribution >= 0.6 is 11.6 Å². The molecule has 0 aliphatic carbocycles. The average Bonchev–Trinajstić information content (AvgIpc) is 3.48. The Kier molecular flexibility index (Phi) is 8.16. The first kappa shape index (κ1) is 27.5. The highest BCUT2D eigenvalue weighted by Crippen LogP contribution is 2.28. The second-order valence-electron chi connectivity index (χ2n) is 10.2. The summed E-state index contributed by atoms with van der Waals surface area (Å²) in [5, 5.41) is 4.44. The van der Waals surface area contributed by atoms with Crippen molar-refractivity contribution in [3.8, 4) is 11.4 Å². The predicted molar refractivity (Wildman–Crippen MR) is 155 cm³/mol. The van der Waals surface area contributed by atoms with Gasteiger partial charge in [0.1, 0.15) is 12.3 Å². The normalized spacial score (nSPS) is 16.7. The lowest BCUT2D eigenvalue weighted by Gasteiger charge is -2.36. The Balaban J connectivity index is 1.44. The summed E-state index contributed by atoms with van der Waals surface area (Å²) in [6.07, 6.45) is 4.00. The molecule has 2 aliphatic heterocycles. The molecule has 2 aromatic carbocycles. The van der Waals surface area contributed by atoms with Crippen molar-refractivity contribution >= 4 is 33.0 Å². The Bertz CT molecular complexity index is 1480. The maximum Gasteiger partial charge on any atom is 0.316 e. The van der Waals surface area contributed by atoms with Crippen molar-refractivity contribution in [3.63, 3.8) is 0 Å². The minimum Gasteiger partial charge on any atom is -0.481 e. The second-order valence-corrected chi connectivity index (χ2v) is 13.1. The van der Waals surface area contributed by atoms with E-state index in [4.69, 9.17) is 16.3 Å². The molecule has 39 heavy (non-hydrogen) atoms. The van der Waals surface area contributed by atoms with Crippen LogP contribution < -0.4 is 20.1 Å². The van der Waals surface area contributed by atoms with Gasteiger partial charge < -0.3 is 14.5 Å². The van der Waals surface area contributed by atoms with Crippen molar-refractivity contribution in [1.82, 2.24) is 14.1 Å². The highest BCUT2D eigenvalue weighted by atomic mass is 35.5. The summed E-state index contributed by atoms with van der Waals surface area (Å²) in [5.41, 5.74) is 2.80. The Morgan fingerprint density at radius 3 is 2.31 bits per heavy atom. The van der Waals surface area contributed by atoms with Crippen LogP contribution in [0.15, 0.2) is 59.5 Å². The first-order valence-corrected chi connectivity index (χ1v) is 15.2. The molecule has 0 spiro atoms. The summed E-state index contributed by atoms with van der Waals surface area (Å²) in [7, 11) is -3.35.